The number of aromatic nitrogens is 1. The van der Waals surface area contributed by atoms with Crippen LogP contribution in [0.1, 0.15) is 33.8 Å². The number of hydrogen-bond acceptors (Lipinski definition) is 5. The van der Waals surface area contributed by atoms with Gasteiger partial charge in [0.05, 0.1) is 25.0 Å². The van der Waals surface area contributed by atoms with Gasteiger partial charge in [-0.2, -0.15) is 0 Å². The van der Waals surface area contributed by atoms with Crippen LogP contribution in [0.15, 0.2) is 41.0 Å². The number of benzene rings is 1. The Morgan fingerprint density at radius 1 is 1.16 bits per heavy atom. The molecule has 2 aliphatic heterocycles. The average molecular weight is 342 g/mol. The van der Waals surface area contributed by atoms with Gasteiger partial charge in [0.2, 0.25) is 11.8 Å². The standard InChI is InChI=1S/C18H18N2O5/c21-17(14-9-24-8-13(14)11-4-2-1-3-5-11)20-6-12(7-20)16-19-15(10-25-16)18(22)23/h1-5,10,12-14H,6-9H2,(H,22,23). The van der Waals surface area contributed by atoms with E-state index in [0.29, 0.717) is 32.2 Å². The molecule has 2 saturated heterocycles. The fourth-order valence-electron chi connectivity index (χ4n) is 3.45. The van der Waals surface area contributed by atoms with Crippen LogP contribution in [-0.4, -0.2) is 53.2 Å². The highest BCUT2D eigenvalue weighted by atomic mass is 16.5. The molecule has 130 valence electrons. The average Bonchev–Trinajstić information content (AvgIpc) is 3.24. The van der Waals surface area contributed by atoms with Crippen LogP contribution in [0.4, 0.5) is 0 Å². The lowest BCUT2D eigenvalue weighted by Gasteiger charge is -2.39. The minimum Gasteiger partial charge on any atom is -0.476 e. The summed E-state index contributed by atoms with van der Waals surface area (Å²) in [6.45, 7) is 1.98. The summed E-state index contributed by atoms with van der Waals surface area (Å²) in [7, 11) is 0. The van der Waals surface area contributed by atoms with E-state index in [-0.39, 0.29) is 29.4 Å². The second-order valence-corrected chi connectivity index (χ2v) is 6.48. The minimum atomic E-state index is -1.11. The number of aromatic carboxylic acids is 1. The van der Waals surface area contributed by atoms with Crippen molar-refractivity contribution in [1.29, 1.82) is 0 Å². The van der Waals surface area contributed by atoms with Crippen molar-refractivity contribution >= 4 is 11.9 Å². The van der Waals surface area contributed by atoms with Gasteiger partial charge in [-0.15, -0.1) is 0 Å². The lowest BCUT2D eigenvalue weighted by Crippen LogP contribution is -2.51. The normalized spacial score (nSPS) is 23.4. The second-order valence-electron chi connectivity index (χ2n) is 6.48. The topological polar surface area (TPSA) is 92.9 Å². The first-order valence-corrected chi connectivity index (χ1v) is 8.23. The van der Waals surface area contributed by atoms with E-state index in [0.717, 1.165) is 11.8 Å². The van der Waals surface area contributed by atoms with Gasteiger partial charge in [0, 0.05) is 19.0 Å². The molecular formula is C18H18N2O5. The minimum absolute atomic E-state index is 0.0467. The smallest absolute Gasteiger partial charge is 0.357 e. The molecule has 0 radical (unpaired) electrons. The number of carbonyl (C=O) groups is 2. The molecule has 0 saturated carbocycles. The number of carbonyl (C=O) groups excluding carboxylic acids is 1. The predicted octanol–water partition coefficient (Wildman–Crippen LogP) is 1.73. The lowest BCUT2D eigenvalue weighted by atomic mass is 9.86. The van der Waals surface area contributed by atoms with Gasteiger partial charge in [0.15, 0.2) is 5.69 Å². The van der Waals surface area contributed by atoms with Crippen LogP contribution in [0, 0.1) is 5.92 Å². The van der Waals surface area contributed by atoms with Crippen molar-refractivity contribution in [2.45, 2.75) is 11.8 Å². The Morgan fingerprint density at radius 3 is 2.60 bits per heavy atom. The molecule has 0 spiro atoms. The number of carboxylic acid groups (broad SMARTS) is 1. The molecule has 2 atom stereocenters. The van der Waals surface area contributed by atoms with Crippen molar-refractivity contribution in [2.75, 3.05) is 26.3 Å². The third-order valence-corrected chi connectivity index (χ3v) is 4.91. The summed E-state index contributed by atoms with van der Waals surface area (Å²) >= 11 is 0. The van der Waals surface area contributed by atoms with E-state index >= 15 is 0 Å². The number of likely N-dealkylation sites (tertiary alicyclic amines) is 1. The van der Waals surface area contributed by atoms with Crippen LogP contribution in [0.3, 0.4) is 0 Å². The highest BCUT2D eigenvalue weighted by molar-refractivity contribution is 5.85. The van der Waals surface area contributed by atoms with Gasteiger partial charge in [-0.1, -0.05) is 30.3 Å². The molecule has 1 aromatic heterocycles. The number of oxazole rings is 1. The fourth-order valence-corrected chi connectivity index (χ4v) is 3.45. The lowest BCUT2D eigenvalue weighted by molar-refractivity contribution is -0.140. The zero-order chi connectivity index (χ0) is 17.4. The summed E-state index contributed by atoms with van der Waals surface area (Å²) in [5.41, 5.74) is 1.02. The molecule has 0 bridgehead atoms. The summed E-state index contributed by atoms with van der Waals surface area (Å²) in [6, 6.07) is 9.95. The summed E-state index contributed by atoms with van der Waals surface area (Å²) < 4.78 is 10.8. The summed E-state index contributed by atoms with van der Waals surface area (Å²) in [5.74, 6) is -0.808. The van der Waals surface area contributed by atoms with E-state index in [9.17, 15) is 9.59 Å². The van der Waals surface area contributed by atoms with Gasteiger partial charge >= 0.3 is 5.97 Å². The first kappa shape index (κ1) is 15.8. The van der Waals surface area contributed by atoms with Crippen molar-refractivity contribution < 1.29 is 23.8 Å². The molecule has 4 rings (SSSR count). The predicted molar refractivity (Wildman–Crippen MR) is 86.3 cm³/mol. The number of nitrogens with zero attached hydrogens (tertiary/aromatic N) is 2. The van der Waals surface area contributed by atoms with Gasteiger partial charge in [-0.05, 0) is 5.56 Å². The van der Waals surface area contributed by atoms with Crippen molar-refractivity contribution in [3.8, 4) is 0 Å². The molecule has 1 N–H and O–H groups in total. The van der Waals surface area contributed by atoms with Gasteiger partial charge < -0.3 is 19.2 Å². The number of ether oxygens (including phenoxy) is 1. The maximum atomic E-state index is 12.8. The summed E-state index contributed by atoms with van der Waals surface area (Å²) in [6.07, 6.45) is 1.14. The molecule has 0 aliphatic carbocycles. The monoisotopic (exact) mass is 342 g/mol. The number of amides is 1. The van der Waals surface area contributed by atoms with Gasteiger partial charge in [0.1, 0.15) is 6.26 Å². The van der Waals surface area contributed by atoms with Gasteiger partial charge in [0.25, 0.3) is 0 Å². The second kappa shape index (κ2) is 6.33. The number of hydrogen-bond donors (Lipinski definition) is 1. The summed E-state index contributed by atoms with van der Waals surface area (Å²) in [5, 5.41) is 8.89. The molecule has 7 nitrogen and oxygen atoms in total. The first-order chi connectivity index (χ1) is 12.1. The Bertz CT molecular complexity index is 782. The zero-order valence-electron chi connectivity index (χ0n) is 13.5. The molecule has 1 aromatic carbocycles. The largest absolute Gasteiger partial charge is 0.476 e. The van der Waals surface area contributed by atoms with E-state index in [1.807, 2.05) is 30.3 Å². The van der Waals surface area contributed by atoms with Gasteiger partial charge in [-0.25, -0.2) is 9.78 Å². The van der Waals surface area contributed by atoms with Crippen LogP contribution in [0.2, 0.25) is 0 Å². The molecular weight excluding hydrogens is 324 g/mol. The molecule has 2 aromatic rings. The molecule has 2 fully saturated rings. The van der Waals surface area contributed by atoms with Crippen LogP contribution in [-0.2, 0) is 9.53 Å². The third-order valence-electron chi connectivity index (χ3n) is 4.91. The van der Waals surface area contributed by atoms with E-state index in [1.165, 1.54) is 0 Å². The molecule has 2 aliphatic rings. The molecule has 2 unspecified atom stereocenters. The number of rotatable bonds is 4. The fraction of sp³-hybridized carbons (Fsp3) is 0.389. The Hall–Kier alpha value is -2.67. The maximum Gasteiger partial charge on any atom is 0.357 e. The van der Waals surface area contributed by atoms with E-state index in [2.05, 4.69) is 4.98 Å². The van der Waals surface area contributed by atoms with Crippen LogP contribution >= 0.6 is 0 Å². The molecule has 1 amide bonds. The molecule has 3 heterocycles. The van der Waals surface area contributed by atoms with E-state index in [1.54, 1.807) is 4.90 Å². The highest BCUT2D eigenvalue weighted by Gasteiger charge is 2.42. The first-order valence-electron chi connectivity index (χ1n) is 8.23. The summed E-state index contributed by atoms with van der Waals surface area (Å²) in [4.78, 5) is 29.4. The Morgan fingerprint density at radius 2 is 1.92 bits per heavy atom. The maximum absolute atomic E-state index is 12.8. The van der Waals surface area contributed by atoms with Crippen molar-refractivity contribution in [3.63, 3.8) is 0 Å². The van der Waals surface area contributed by atoms with E-state index < -0.39 is 5.97 Å². The van der Waals surface area contributed by atoms with Crippen LogP contribution < -0.4 is 0 Å². The number of carboxylic acids is 1. The third kappa shape index (κ3) is 2.91. The highest BCUT2D eigenvalue weighted by Crippen LogP contribution is 2.35. The van der Waals surface area contributed by atoms with Crippen molar-refractivity contribution in [1.82, 2.24) is 9.88 Å². The Labute approximate surface area is 144 Å². The molecule has 7 heteroatoms. The van der Waals surface area contributed by atoms with Crippen molar-refractivity contribution in [3.05, 3.63) is 53.7 Å². The van der Waals surface area contributed by atoms with Crippen LogP contribution in [0.5, 0.6) is 0 Å². The van der Waals surface area contributed by atoms with Crippen LogP contribution in [0.25, 0.3) is 0 Å². The molecule has 25 heavy (non-hydrogen) atoms. The van der Waals surface area contributed by atoms with E-state index in [4.69, 9.17) is 14.3 Å². The zero-order valence-corrected chi connectivity index (χ0v) is 13.5. The van der Waals surface area contributed by atoms with Crippen molar-refractivity contribution in [2.24, 2.45) is 5.92 Å². The SMILES string of the molecule is O=C(O)c1coc(C2CN(C(=O)C3COCC3c3ccccc3)C2)n1. The van der Waals surface area contributed by atoms with Gasteiger partial charge in [-0.3, -0.25) is 4.79 Å². The quantitative estimate of drug-likeness (QED) is 0.909. The Kier molecular flexibility index (Phi) is 4.01. The Balaban J connectivity index is 1.40.